The third-order valence-electron chi connectivity index (χ3n) is 3.35. The van der Waals surface area contributed by atoms with Gasteiger partial charge in [0.1, 0.15) is 0 Å². The van der Waals surface area contributed by atoms with Crippen LogP contribution in [-0.2, 0) is 4.79 Å². The van der Waals surface area contributed by atoms with Gasteiger partial charge in [0.2, 0.25) is 5.91 Å². The summed E-state index contributed by atoms with van der Waals surface area (Å²) in [5.74, 6) is 0.0869. The normalized spacial score (nSPS) is 10.5. The summed E-state index contributed by atoms with van der Waals surface area (Å²) in [6.07, 6.45) is 1.70. The van der Waals surface area contributed by atoms with Gasteiger partial charge in [-0.25, -0.2) is 0 Å². The highest BCUT2D eigenvalue weighted by molar-refractivity contribution is 5.98. The lowest BCUT2D eigenvalue weighted by Gasteiger charge is -2.19. The van der Waals surface area contributed by atoms with Crippen molar-refractivity contribution in [1.29, 1.82) is 0 Å². The Hall–Kier alpha value is -2.30. The van der Waals surface area contributed by atoms with Crippen LogP contribution in [0.4, 0.5) is 11.4 Å². The van der Waals surface area contributed by atoms with Gasteiger partial charge in [0.05, 0.1) is 17.7 Å². The number of anilines is 2. The molecule has 5 heteroatoms. The van der Waals surface area contributed by atoms with E-state index in [2.05, 4.69) is 10.3 Å². The Balaban J connectivity index is 2.18. The predicted molar refractivity (Wildman–Crippen MR) is 82.6 cm³/mol. The van der Waals surface area contributed by atoms with Gasteiger partial charge in [-0.2, -0.15) is 0 Å². The summed E-state index contributed by atoms with van der Waals surface area (Å²) in [7, 11) is 0. The maximum atomic E-state index is 12.0. The van der Waals surface area contributed by atoms with Crippen LogP contribution in [0.1, 0.15) is 13.8 Å². The fourth-order valence-electron chi connectivity index (χ4n) is 2.21. The summed E-state index contributed by atoms with van der Waals surface area (Å²) >= 11 is 0. The van der Waals surface area contributed by atoms with Crippen LogP contribution in [-0.4, -0.2) is 35.4 Å². The number of rotatable bonds is 5. The fraction of sp³-hybridized carbons (Fsp3) is 0.333. The molecule has 0 aliphatic rings. The zero-order chi connectivity index (χ0) is 14.5. The molecule has 0 fully saturated rings. The van der Waals surface area contributed by atoms with Crippen molar-refractivity contribution in [2.75, 3.05) is 30.7 Å². The van der Waals surface area contributed by atoms with Crippen LogP contribution in [0.5, 0.6) is 0 Å². The first-order valence-corrected chi connectivity index (χ1v) is 6.82. The standard InChI is InChI=1S/C15H20N4O/c1-3-19(4-2)14(20)10-18-13-8-9-17-15-11(13)6-5-7-12(15)16/h5-9H,3-4,10,16H2,1-2H3,(H,17,18). The number of likely N-dealkylation sites (N-methyl/N-ethyl adjacent to an activating group) is 1. The molecule has 1 amide bonds. The summed E-state index contributed by atoms with van der Waals surface area (Å²) in [6.45, 7) is 5.67. The van der Waals surface area contributed by atoms with E-state index in [4.69, 9.17) is 5.73 Å². The van der Waals surface area contributed by atoms with Crippen LogP contribution in [0.3, 0.4) is 0 Å². The Morgan fingerprint density at radius 2 is 2.05 bits per heavy atom. The average Bonchev–Trinajstić information content (AvgIpc) is 2.47. The lowest BCUT2D eigenvalue weighted by molar-refractivity contribution is -0.128. The van der Waals surface area contributed by atoms with Crippen LogP contribution in [0.25, 0.3) is 10.9 Å². The number of hydrogen-bond acceptors (Lipinski definition) is 4. The van der Waals surface area contributed by atoms with Crippen molar-refractivity contribution in [3.8, 4) is 0 Å². The number of hydrogen-bond donors (Lipinski definition) is 2. The second kappa shape index (κ2) is 6.23. The molecule has 1 heterocycles. The lowest BCUT2D eigenvalue weighted by atomic mass is 10.1. The Labute approximate surface area is 118 Å². The highest BCUT2D eigenvalue weighted by Crippen LogP contribution is 2.25. The van der Waals surface area contributed by atoms with E-state index in [1.54, 1.807) is 11.1 Å². The maximum absolute atomic E-state index is 12.0. The fourth-order valence-corrected chi connectivity index (χ4v) is 2.21. The molecule has 0 radical (unpaired) electrons. The first-order chi connectivity index (χ1) is 9.67. The third kappa shape index (κ3) is 2.82. The van der Waals surface area contributed by atoms with E-state index in [9.17, 15) is 4.79 Å². The molecule has 0 spiro atoms. The van der Waals surface area contributed by atoms with Crippen molar-refractivity contribution in [2.24, 2.45) is 0 Å². The second-order valence-corrected chi connectivity index (χ2v) is 4.52. The number of carbonyl (C=O) groups is 1. The summed E-state index contributed by atoms with van der Waals surface area (Å²) < 4.78 is 0. The minimum Gasteiger partial charge on any atom is -0.397 e. The number of pyridine rings is 1. The van der Waals surface area contributed by atoms with Gasteiger partial charge < -0.3 is 16.0 Å². The molecular formula is C15H20N4O. The van der Waals surface area contributed by atoms with Gasteiger partial charge in [-0.1, -0.05) is 12.1 Å². The summed E-state index contributed by atoms with van der Waals surface area (Å²) in [5.41, 5.74) is 8.18. The minimum absolute atomic E-state index is 0.0869. The van der Waals surface area contributed by atoms with Gasteiger partial charge in [0, 0.05) is 30.4 Å². The molecular weight excluding hydrogens is 252 g/mol. The van der Waals surface area contributed by atoms with Gasteiger partial charge in [0.15, 0.2) is 0 Å². The van der Waals surface area contributed by atoms with Crippen molar-refractivity contribution in [3.05, 3.63) is 30.5 Å². The number of nitrogens with zero attached hydrogens (tertiary/aromatic N) is 2. The first-order valence-electron chi connectivity index (χ1n) is 6.82. The van der Waals surface area contributed by atoms with Crippen LogP contribution >= 0.6 is 0 Å². The number of carbonyl (C=O) groups excluding carboxylic acids is 1. The zero-order valence-corrected chi connectivity index (χ0v) is 11.9. The number of benzene rings is 1. The highest BCUT2D eigenvalue weighted by atomic mass is 16.2. The Morgan fingerprint density at radius 3 is 2.75 bits per heavy atom. The van der Waals surface area contributed by atoms with Crippen molar-refractivity contribution in [2.45, 2.75) is 13.8 Å². The molecule has 2 rings (SSSR count). The van der Waals surface area contributed by atoms with E-state index < -0.39 is 0 Å². The van der Waals surface area contributed by atoms with Gasteiger partial charge in [-0.05, 0) is 26.0 Å². The van der Waals surface area contributed by atoms with Crippen molar-refractivity contribution in [3.63, 3.8) is 0 Å². The Kier molecular flexibility index (Phi) is 4.40. The van der Waals surface area contributed by atoms with E-state index in [1.807, 2.05) is 38.1 Å². The largest absolute Gasteiger partial charge is 0.397 e. The van der Waals surface area contributed by atoms with Crippen LogP contribution < -0.4 is 11.1 Å². The smallest absolute Gasteiger partial charge is 0.241 e. The number of aromatic nitrogens is 1. The number of nitrogens with one attached hydrogen (secondary N) is 1. The number of para-hydroxylation sites is 1. The molecule has 2 aromatic rings. The molecule has 3 N–H and O–H groups in total. The van der Waals surface area contributed by atoms with Crippen molar-refractivity contribution < 1.29 is 4.79 Å². The lowest BCUT2D eigenvalue weighted by Crippen LogP contribution is -2.35. The highest BCUT2D eigenvalue weighted by Gasteiger charge is 2.10. The van der Waals surface area contributed by atoms with E-state index in [0.29, 0.717) is 5.69 Å². The zero-order valence-electron chi connectivity index (χ0n) is 11.9. The molecule has 0 bridgehead atoms. The van der Waals surface area contributed by atoms with Crippen LogP contribution in [0.2, 0.25) is 0 Å². The van der Waals surface area contributed by atoms with E-state index >= 15 is 0 Å². The number of nitrogens with two attached hydrogens (primary N) is 1. The molecule has 0 saturated heterocycles. The van der Waals surface area contributed by atoms with E-state index in [0.717, 1.165) is 29.7 Å². The van der Waals surface area contributed by atoms with Crippen LogP contribution in [0.15, 0.2) is 30.5 Å². The quantitative estimate of drug-likeness (QED) is 0.818. The third-order valence-corrected chi connectivity index (χ3v) is 3.35. The number of amides is 1. The molecule has 0 aliphatic heterocycles. The maximum Gasteiger partial charge on any atom is 0.241 e. The molecule has 0 atom stereocenters. The van der Waals surface area contributed by atoms with Crippen molar-refractivity contribution >= 4 is 28.2 Å². The van der Waals surface area contributed by atoms with Crippen LogP contribution in [0, 0.1) is 0 Å². The molecule has 5 nitrogen and oxygen atoms in total. The number of fused-ring (bicyclic) bond motifs is 1. The Bertz CT molecular complexity index is 608. The monoisotopic (exact) mass is 272 g/mol. The molecule has 0 unspecified atom stereocenters. The van der Waals surface area contributed by atoms with Gasteiger partial charge in [-0.15, -0.1) is 0 Å². The molecule has 20 heavy (non-hydrogen) atoms. The number of nitrogen functional groups attached to an aromatic ring is 1. The molecule has 106 valence electrons. The van der Waals surface area contributed by atoms with E-state index in [1.165, 1.54) is 0 Å². The molecule has 1 aromatic carbocycles. The summed E-state index contributed by atoms with van der Waals surface area (Å²) in [6, 6.07) is 7.51. The average molecular weight is 272 g/mol. The van der Waals surface area contributed by atoms with Gasteiger partial charge >= 0.3 is 0 Å². The summed E-state index contributed by atoms with van der Waals surface area (Å²) in [4.78, 5) is 18.1. The SMILES string of the molecule is CCN(CC)C(=O)CNc1ccnc2c(N)cccc12. The minimum atomic E-state index is 0.0869. The topological polar surface area (TPSA) is 71.2 Å². The first kappa shape index (κ1) is 14.1. The summed E-state index contributed by atoms with van der Waals surface area (Å²) in [5, 5.41) is 4.11. The second-order valence-electron chi connectivity index (χ2n) is 4.52. The van der Waals surface area contributed by atoms with E-state index in [-0.39, 0.29) is 12.5 Å². The Morgan fingerprint density at radius 1 is 1.30 bits per heavy atom. The predicted octanol–water partition coefficient (Wildman–Crippen LogP) is 2.10. The molecule has 1 aromatic heterocycles. The van der Waals surface area contributed by atoms with Gasteiger partial charge in [0.25, 0.3) is 0 Å². The van der Waals surface area contributed by atoms with Gasteiger partial charge in [-0.3, -0.25) is 9.78 Å². The molecule has 0 saturated carbocycles. The van der Waals surface area contributed by atoms with Crippen molar-refractivity contribution in [1.82, 2.24) is 9.88 Å². The molecule has 0 aliphatic carbocycles.